The van der Waals surface area contributed by atoms with Crippen molar-refractivity contribution in [1.82, 2.24) is 5.32 Å². The van der Waals surface area contributed by atoms with Crippen molar-refractivity contribution in [2.45, 2.75) is 32.5 Å². The summed E-state index contributed by atoms with van der Waals surface area (Å²) >= 11 is 0. The number of alkyl halides is 3. The van der Waals surface area contributed by atoms with Crippen LogP contribution in [0.15, 0.2) is 24.3 Å². The summed E-state index contributed by atoms with van der Waals surface area (Å²) in [5.41, 5.74) is 1.06. The van der Waals surface area contributed by atoms with Crippen molar-refractivity contribution in [3.63, 3.8) is 0 Å². The SMILES string of the molecule is CCc1ccccc1OC(C)CNCC(F)(F)F. The summed E-state index contributed by atoms with van der Waals surface area (Å²) in [6, 6.07) is 7.55. The lowest BCUT2D eigenvalue weighted by Crippen LogP contribution is -2.35. The van der Waals surface area contributed by atoms with E-state index in [0.717, 1.165) is 17.7 Å². The summed E-state index contributed by atoms with van der Waals surface area (Å²) < 4.78 is 41.5. The molecule has 18 heavy (non-hydrogen) atoms. The van der Waals surface area contributed by atoms with Gasteiger partial charge in [0.15, 0.2) is 0 Å². The van der Waals surface area contributed by atoms with Crippen LogP contribution in [0.3, 0.4) is 0 Å². The highest BCUT2D eigenvalue weighted by Gasteiger charge is 2.26. The van der Waals surface area contributed by atoms with Gasteiger partial charge in [-0.3, -0.25) is 0 Å². The van der Waals surface area contributed by atoms with Gasteiger partial charge in [0.1, 0.15) is 11.9 Å². The summed E-state index contributed by atoms with van der Waals surface area (Å²) in [6.45, 7) is 2.93. The first-order valence-corrected chi connectivity index (χ1v) is 5.94. The van der Waals surface area contributed by atoms with Crippen LogP contribution in [0.5, 0.6) is 5.75 Å². The van der Waals surface area contributed by atoms with Crippen molar-refractivity contribution in [3.05, 3.63) is 29.8 Å². The molecule has 1 atom stereocenters. The molecule has 1 unspecified atom stereocenters. The monoisotopic (exact) mass is 261 g/mol. The third-order valence-electron chi connectivity index (χ3n) is 2.44. The fourth-order valence-electron chi connectivity index (χ4n) is 1.59. The van der Waals surface area contributed by atoms with Gasteiger partial charge < -0.3 is 10.1 Å². The summed E-state index contributed by atoms with van der Waals surface area (Å²) in [7, 11) is 0. The molecular formula is C13H18F3NO. The minimum absolute atomic E-state index is 0.164. The van der Waals surface area contributed by atoms with Crippen molar-refractivity contribution < 1.29 is 17.9 Å². The van der Waals surface area contributed by atoms with Gasteiger partial charge in [0, 0.05) is 6.54 Å². The minimum atomic E-state index is -4.18. The second-order valence-corrected chi connectivity index (χ2v) is 4.14. The number of hydrogen-bond acceptors (Lipinski definition) is 2. The first kappa shape index (κ1) is 14.8. The number of aryl methyl sites for hydroxylation is 1. The molecule has 0 spiro atoms. The van der Waals surface area contributed by atoms with Crippen LogP contribution in [0.1, 0.15) is 19.4 Å². The summed E-state index contributed by atoms with van der Waals surface area (Å²) in [5.74, 6) is 0.737. The average molecular weight is 261 g/mol. The maximum absolute atomic E-state index is 11.9. The highest BCUT2D eigenvalue weighted by Crippen LogP contribution is 2.19. The predicted octanol–water partition coefficient (Wildman–Crippen LogP) is 3.17. The Bertz CT molecular complexity index is 365. The van der Waals surface area contributed by atoms with Crippen LogP contribution in [0, 0.1) is 0 Å². The van der Waals surface area contributed by atoms with Crippen LogP contribution in [-0.4, -0.2) is 25.4 Å². The Labute approximate surface area is 105 Å². The minimum Gasteiger partial charge on any atom is -0.489 e. The molecule has 0 fully saturated rings. The lowest BCUT2D eigenvalue weighted by atomic mass is 10.1. The van der Waals surface area contributed by atoms with E-state index in [1.807, 2.05) is 31.2 Å². The van der Waals surface area contributed by atoms with Crippen LogP contribution in [0.25, 0.3) is 0 Å². The molecule has 0 saturated carbocycles. The van der Waals surface area contributed by atoms with Crippen molar-refractivity contribution in [3.8, 4) is 5.75 Å². The van der Waals surface area contributed by atoms with E-state index in [0.29, 0.717) is 0 Å². The van der Waals surface area contributed by atoms with E-state index in [9.17, 15) is 13.2 Å². The molecule has 0 aromatic heterocycles. The van der Waals surface area contributed by atoms with Crippen molar-refractivity contribution in [2.24, 2.45) is 0 Å². The second kappa shape index (κ2) is 6.64. The maximum atomic E-state index is 11.9. The smallest absolute Gasteiger partial charge is 0.401 e. The molecule has 0 amide bonds. The first-order valence-electron chi connectivity index (χ1n) is 5.94. The molecule has 1 rings (SSSR count). The molecule has 0 bridgehead atoms. The Balaban J connectivity index is 2.42. The number of nitrogens with one attached hydrogen (secondary N) is 1. The van der Waals surface area contributed by atoms with Crippen LogP contribution < -0.4 is 10.1 Å². The molecule has 2 nitrogen and oxygen atoms in total. The highest BCUT2D eigenvalue weighted by molar-refractivity contribution is 5.33. The molecule has 5 heteroatoms. The molecule has 1 N–H and O–H groups in total. The van der Waals surface area contributed by atoms with E-state index in [-0.39, 0.29) is 12.6 Å². The molecule has 0 aliphatic carbocycles. The number of rotatable bonds is 6. The van der Waals surface area contributed by atoms with Gasteiger partial charge in [-0.2, -0.15) is 13.2 Å². The molecule has 1 aromatic rings. The zero-order chi connectivity index (χ0) is 13.6. The fraction of sp³-hybridized carbons (Fsp3) is 0.538. The van der Waals surface area contributed by atoms with Crippen molar-refractivity contribution in [1.29, 1.82) is 0 Å². The molecule has 0 heterocycles. The Morgan fingerprint density at radius 1 is 1.28 bits per heavy atom. The highest BCUT2D eigenvalue weighted by atomic mass is 19.4. The van der Waals surface area contributed by atoms with Gasteiger partial charge in [0.05, 0.1) is 6.54 Å². The summed E-state index contributed by atoms with van der Waals surface area (Å²) in [5, 5.41) is 2.33. The number of benzene rings is 1. The Hall–Kier alpha value is -1.23. The Morgan fingerprint density at radius 3 is 2.56 bits per heavy atom. The molecule has 0 aliphatic heterocycles. The van der Waals surface area contributed by atoms with Crippen LogP contribution >= 0.6 is 0 Å². The van der Waals surface area contributed by atoms with Gasteiger partial charge >= 0.3 is 6.18 Å². The van der Waals surface area contributed by atoms with Gasteiger partial charge in [-0.05, 0) is 25.0 Å². The normalized spacial score (nSPS) is 13.4. The van der Waals surface area contributed by atoms with E-state index in [1.165, 1.54) is 0 Å². The number of hydrogen-bond donors (Lipinski definition) is 1. The standard InChI is InChI=1S/C13H18F3NO/c1-3-11-6-4-5-7-12(11)18-10(2)8-17-9-13(14,15)16/h4-7,10,17H,3,8-9H2,1-2H3. The predicted molar refractivity (Wildman–Crippen MR) is 64.8 cm³/mol. The first-order chi connectivity index (χ1) is 8.42. The van der Waals surface area contributed by atoms with Crippen molar-refractivity contribution in [2.75, 3.05) is 13.1 Å². The van der Waals surface area contributed by atoms with E-state index in [4.69, 9.17) is 4.74 Å². The van der Waals surface area contributed by atoms with Crippen LogP contribution in [-0.2, 0) is 6.42 Å². The van der Waals surface area contributed by atoms with E-state index >= 15 is 0 Å². The maximum Gasteiger partial charge on any atom is 0.401 e. The van der Waals surface area contributed by atoms with Crippen LogP contribution in [0.2, 0.25) is 0 Å². The van der Waals surface area contributed by atoms with Gasteiger partial charge in [-0.25, -0.2) is 0 Å². The van der Waals surface area contributed by atoms with Crippen LogP contribution in [0.4, 0.5) is 13.2 Å². The van der Waals surface area contributed by atoms with E-state index in [1.54, 1.807) is 6.92 Å². The molecule has 0 aliphatic rings. The Kier molecular flexibility index (Phi) is 5.47. The topological polar surface area (TPSA) is 21.3 Å². The number of para-hydroxylation sites is 1. The molecule has 1 aromatic carbocycles. The fourth-order valence-corrected chi connectivity index (χ4v) is 1.59. The summed E-state index contributed by atoms with van der Waals surface area (Å²) in [6.07, 6.45) is -3.65. The van der Waals surface area contributed by atoms with Crippen molar-refractivity contribution >= 4 is 0 Å². The van der Waals surface area contributed by atoms with E-state index < -0.39 is 12.7 Å². The molecular weight excluding hydrogens is 243 g/mol. The van der Waals surface area contributed by atoms with E-state index in [2.05, 4.69) is 5.32 Å². The molecule has 0 radical (unpaired) electrons. The lowest BCUT2D eigenvalue weighted by Gasteiger charge is -2.18. The Morgan fingerprint density at radius 2 is 1.94 bits per heavy atom. The van der Waals surface area contributed by atoms with Gasteiger partial charge in [-0.1, -0.05) is 25.1 Å². The molecule has 0 saturated heterocycles. The third kappa shape index (κ3) is 5.40. The lowest BCUT2D eigenvalue weighted by molar-refractivity contribution is -0.125. The zero-order valence-corrected chi connectivity index (χ0v) is 10.6. The zero-order valence-electron chi connectivity index (χ0n) is 10.6. The third-order valence-corrected chi connectivity index (χ3v) is 2.44. The average Bonchev–Trinajstić information content (AvgIpc) is 2.28. The number of halogens is 3. The number of ether oxygens (including phenoxy) is 1. The molecule has 102 valence electrons. The van der Waals surface area contributed by atoms with Gasteiger partial charge in [-0.15, -0.1) is 0 Å². The van der Waals surface area contributed by atoms with Gasteiger partial charge in [0.25, 0.3) is 0 Å². The second-order valence-electron chi connectivity index (χ2n) is 4.14. The quantitative estimate of drug-likeness (QED) is 0.849. The van der Waals surface area contributed by atoms with Gasteiger partial charge in [0.2, 0.25) is 0 Å². The summed E-state index contributed by atoms with van der Waals surface area (Å²) in [4.78, 5) is 0. The largest absolute Gasteiger partial charge is 0.489 e.